The Balaban J connectivity index is 1.41. The number of hydrogen-bond acceptors (Lipinski definition) is 5. The first-order valence-electron chi connectivity index (χ1n) is 12.4. The van der Waals surface area contributed by atoms with Gasteiger partial charge in [-0.05, 0) is 85.8 Å². The number of rotatable bonds is 6. The molecule has 182 valence electrons. The molecule has 0 unspecified atom stereocenters. The molecule has 0 radical (unpaired) electrons. The molecule has 3 aromatic carbocycles. The largest absolute Gasteiger partial charge is 0.508 e. The molecular weight excluding hydrogens is 438 g/mol. The van der Waals surface area contributed by atoms with Crippen LogP contribution < -0.4 is 9.47 Å². The van der Waals surface area contributed by atoms with Gasteiger partial charge in [0.05, 0.1) is 0 Å². The minimum atomic E-state index is -0.384. The maximum Gasteiger partial charge on any atom is 0.150 e. The topological polar surface area (TPSA) is 62.2 Å². The second kappa shape index (κ2) is 9.67. The molecule has 0 bridgehead atoms. The molecule has 2 heterocycles. The van der Waals surface area contributed by atoms with Crippen LogP contribution >= 0.6 is 0 Å². The lowest BCUT2D eigenvalue weighted by Crippen LogP contribution is -2.35. The number of phenols is 2. The van der Waals surface area contributed by atoms with E-state index in [9.17, 15) is 10.2 Å². The maximum absolute atomic E-state index is 10.1. The average Bonchev–Trinajstić information content (AvgIpc) is 3.29. The van der Waals surface area contributed by atoms with E-state index in [0.717, 1.165) is 52.6 Å². The van der Waals surface area contributed by atoms with Gasteiger partial charge in [0.1, 0.15) is 35.7 Å². The highest BCUT2D eigenvalue weighted by Gasteiger charge is 2.30. The Kier molecular flexibility index (Phi) is 6.44. The number of phenolic OH excluding ortho intramolecular Hbond substituents is 2. The lowest BCUT2D eigenvalue weighted by Gasteiger charge is -2.31. The Labute approximate surface area is 207 Å². The molecule has 3 atom stereocenters. The van der Waals surface area contributed by atoms with Gasteiger partial charge in [0.25, 0.3) is 0 Å². The van der Waals surface area contributed by atoms with Gasteiger partial charge in [-0.3, -0.25) is 4.90 Å². The van der Waals surface area contributed by atoms with Gasteiger partial charge in [0, 0.05) is 29.8 Å². The van der Waals surface area contributed by atoms with Crippen molar-refractivity contribution in [2.24, 2.45) is 5.92 Å². The van der Waals surface area contributed by atoms with Crippen molar-refractivity contribution >= 4 is 11.1 Å². The third-order valence-corrected chi connectivity index (χ3v) is 7.19. The standard InChI is InChI=1S/C30H33NO4/c1-19-13-14-31(17-19)20(2)18-34-26-10-7-22(8-11-26)30-29(23-5-4-6-24(32)15-23)21(3)27-12-9-25(33)16-28(27)35-30/h4-12,15-16,19-20,30,32-33H,13-14,17-18H2,1-3H3/t19-,20+,30+/m1/s1. The van der Waals surface area contributed by atoms with Crippen LogP contribution in [-0.2, 0) is 0 Å². The van der Waals surface area contributed by atoms with Crippen LogP contribution in [-0.4, -0.2) is 40.9 Å². The number of aromatic hydroxyl groups is 2. The average molecular weight is 472 g/mol. The van der Waals surface area contributed by atoms with Gasteiger partial charge < -0.3 is 19.7 Å². The fourth-order valence-electron chi connectivity index (χ4n) is 5.15. The van der Waals surface area contributed by atoms with Crippen molar-refractivity contribution < 1.29 is 19.7 Å². The zero-order chi connectivity index (χ0) is 24.5. The van der Waals surface area contributed by atoms with Crippen molar-refractivity contribution in [2.45, 2.75) is 39.3 Å². The number of ether oxygens (including phenoxy) is 2. The quantitative estimate of drug-likeness (QED) is 0.444. The van der Waals surface area contributed by atoms with E-state index in [1.807, 2.05) is 42.5 Å². The lowest BCUT2D eigenvalue weighted by molar-refractivity contribution is 0.169. The number of benzene rings is 3. The maximum atomic E-state index is 10.1. The van der Waals surface area contributed by atoms with Crippen LogP contribution in [0, 0.1) is 5.92 Å². The highest BCUT2D eigenvalue weighted by atomic mass is 16.5. The Morgan fingerprint density at radius 3 is 2.51 bits per heavy atom. The van der Waals surface area contributed by atoms with E-state index >= 15 is 0 Å². The normalized spacial score (nSPS) is 20.9. The second-order valence-corrected chi connectivity index (χ2v) is 9.89. The Morgan fingerprint density at radius 2 is 1.80 bits per heavy atom. The van der Waals surface area contributed by atoms with E-state index < -0.39 is 0 Å². The second-order valence-electron chi connectivity index (χ2n) is 9.89. The predicted octanol–water partition coefficient (Wildman–Crippen LogP) is 6.27. The van der Waals surface area contributed by atoms with Gasteiger partial charge in [-0.25, -0.2) is 0 Å². The lowest BCUT2D eigenvalue weighted by atomic mass is 9.86. The van der Waals surface area contributed by atoms with Gasteiger partial charge in [-0.2, -0.15) is 0 Å². The molecular formula is C30H33NO4. The molecule has 5 heteroatoms. The molecule has 0 amide bonds. The minimum absolute atomic E-state index is 0.168. The smallest absolute Gasteiger partial charge is 0.150 e. The minimum Gasteiger partial charge on any atom is -0.508 e. The fourth-order valence-corrected chi connectivity index (χ4v) is 5.15. The summed E-state index contributed by atoms with van der Waals surface area (Å²) >= 11 is 0. The summed E-state index contributed by atoms with van der Waals surface area (Å²) in [5.41, 5.74) is 4.86. The predicted molar refractivity (Wildman–Crippen MR) is 139 cm³/mol. The molecule has 3 aromatic rings. The number of likely N-dealkylation sites (tertiary alicyclic amines) is 1. The van der Waals surface area contributed by atoms with Gasteiger partial charge in [0.15, 0.2) is 0 Å². The number of fused-ring (bicyclic) bond motifs is 1. The summed E-state index contributed by atoms with van der Waals surface area (Å²) in [7, 11) is 0. The molecule has 0 saturated carbocycles. The van der Waals surface area contributed by atoms with Crippen LogP contribution in [0.25, 0.3) is 11.1 Å². The summed E-state index contributed by atoms with van der Waals surface area (Å²) in [5.74, 6) is 2.62. The first kappa shape index (κ1) is 23.3. The molecule has 5 nitrogen and oxygen atoms in total. The van der Waals surface area contributed by atoms with Crippen LogP contribution in [0.5, 0.6) is 23.0 Å². The van der Waals surface area contributed by atoms with E-state index in [4.69, 9.17) is 9.47 Å². The SMILES string of the molecule is CC1=C(c2cccc(O)c2)[C@H](c2ccc(OC[C@H](C)N3CC[C@@H](C)C3)cc2)Oc2cc(O)ccc21. The van der Waals surface area contributed by atoms with Crippen molar-refractivity contribution in [3.05, 3.63) is 83.4 Å². The van der Waals surface area contributed by atoms with Crippen molar-refractivity contribution in [3.8, 4) is 23.0 Å². The van der Waals surface area contributed by atoms with Gasteiger partial charge in [0.2, 0.25) is 0 Å². The zero-order valence-corrected chi connectivity index (χ0v) is 20.6. The molecule has 2 aliphatic rings. The third-order valence-electron chi connectivity index (χ3n) is 7.19. The van der Waals surface area contributed by atoms with E-state index in [2.05, 4.69) is 25.7 Å². The first-order valence-corrected chi connectivity index (χ1v) is 12.4. The number of allylic oxidation sites excluding steroid dienone is 1. The van der Waals surface area contributed by atoms with E-state index in [0.29, 0.717) is 18.4 Å². The monoisotopic (exact) mass is 471 g/mol. The van der Waals surface area contributed by atoms with Gasteiger partial charge >= 0.3 is 0 Å². The van der Waals surface area contributed by atoms with Crippen molar-refractivity contribution in [2.75, 3.05) is 19.7 Å². The Bertz CT molecular complexity index is 1230. The number of nitrogens with zero attached hydrogens (tertiary/aromatic N) is 1. The van der Waals surface area contributed by atoms with E-state index in [1.165, 1.54) is 6.42 Å². The van der Waals surface area contributed by atoms with Crippen molar-refractivity contribution in [1.29, 1.82) is 0 Å². The van der Waals surface area contributed by atoms with Gasteiger partial charge in [-0.15, -0.1) is 0 Å². The fraction of sp³-hybridized carbons (Fsp3) is 0.333. The van der Waals surface area contributed by atoms with Crippen LogP contribution in [0.2, 0.25) is 0 Å². The molecule has 1 fully saturated rings. The highest BCUT2D eigenvalue weighted by molar-refractivity contribution is 5.95. The Hall–Kier alpha value is -3.44. The molecule has 5 rings (SSSR count). The number of hydrogen-bond donors (Lipinski definition) is 2. The third kappa shape index (κ3) is 4.87. The van der Waals surface area contributed by atoms with Crippen LogP contribution in [0.15, 0.2) is 66.7 Å². The molecule has 2 N–H and O–H groups in total. The molecule has 0 aromatic heterocycles. The van der Waals surface area contributed by atoms with Crippen LogP contribution in [0.3, 0.4) is 0 Å². The summed E-state index contributed by atoms with van der Waals surface area (Å²) in [4.78, 5) is 2.50. The van der Waals surface area contributed by atoms with Crippen LogP contribution in [0.1, 0.15) is 50.0 Å². The zero-order valence-electron chi connectivity index (χ0n) is 20.6. The highest BCUT2D eigenvalue weighted by Crippen LogP contribution is 2.47. The summed E-state index contributed by atoms with van der Waals surface area (Å²) < 4.78 is 12.6. The summed E-state index contributed by atoms with van der Waals surface area (Å²) in [6, 6.07) is 20.9. The van der Waals surface area contributed by atoms with E-state index in [1.54, 1.807) is 24.3 Å². The Morgan fingerprint density at radius 1 is 1.03 bits per heavy atom. The summed E-state index contributed by atoms with van der Waals surface area (Å²) in [6.45, 7) is 9.53. The molecule has 1 saturated heterocycles. The molecule has 35 heavy (non-hydrogen) atoms. The van der Waals surface area contributed by atoms with Crippen molar-refractivity contribution in [3.63, 3.8) is 0 Å². The summed E-state index contributed by atoms with van der Waals surface area (Å²) in [6.07, 6.45) is 0.876. The van der Waals surface area contributed by atoms with Gasteiger partial charge in [-0.1, -0.05) is 31.2 Å². The van der Waals surface area contributed by atoms with Crippen molar-refractivity contribution in [1.82, 2.24) is 4.90 Å². The molecule has 2 aliphatic heterocycles. The first-order chi connectivity index (χ1) is 16.9. The van der Waals surface area contributed by atoms with Crippen LogP contribution in [0.4, 0.5) is 0 Å². The molecule has 0 spiro atoms. The molecule has 0 aliphatic carbocycles. The van der Waals surface area contributed by atoms with E-state index in [-0.39, 0.29) is 17.6 Å². The summed E-state index contributed by atoms with van der Waals surface area (Å²) in [5, 5.41) is 20.2.